The van der Waals surface area contributed by atoms with Crippen LogP contribution in [0, 0.1) is 0 Å². The predicted octanol–water partition coefficient (Wildman–Crippen LogP) is 1.26. The Hall–Kier alpha value is -3.43. The van der Waals surface area contributed by atoms with Crippen LogP contribution in [0.15, 0.2) is 4.79 Å². The van der Waals surface area contributed by atoms with Gasteiger partial charge in [0.15, 0.2) is 29.7 Å². The molecule has 0 bridgehead atoms. The number of alkyl halides is 4. The Balaban J connectivity index is 2.25. The average Bonchev–Trinajstić information content (AvgIpc) is 3.18. The van der Waals surface area contributed by atoms with Crippen LogP contribution in [0.2, 0.25) is 0 Å². The van der Waals surface area contributed by atoms with Crippen molar-refractivity contribution in [3.63, 3.8) is 0 Å². The summed E-state index contributed by atoms with van der Waals surface area (Å²) >= 11 is 0. The minimum atomic E-state index is -5.24. The van der Waals surface area contributed by atoms with Crippen molar-refractivity contribution in [2.24, 2.45) is 0 Å². The molecule has 0 unspecified atom stereocenters. The number of methoxy groups -OCH3 is 1. The van der Waals surface area contributed by atoms with E-state index in [1.165, 1.54) is 7.11 Å². The van der Waals surface area contributed by atoms with Crippen LogP contribution in [-0.2, 0) is 30.3 Å². The average molecular weight is 509 g/mol. The number of nitrogens with two attached hydrogens (primary N) is 1. The predicted molar refractivity (Wildman–Crippen MR) is 109 cm³/mol. The van der Waals surface area contributed by atoms with Gasteiger partial charge in [0.05, 0.1) is 7.11 Å². The first kappa shape index (κ1) is 26.2. The van der Waals surface area contributed by atoms with Crippen molar-refractivity contribution in [1.29, 1.82) is 0 Å². The van der Waals surface area contributed by atoms with Gasteiger partial charge in [-0.3, -0.25) is 14.2 Å². The normalized spacial score (nSPS) is 23.3. The number of nitrogen functional groups attached to an aromatic ring is 1. The molecular formula is C19H23F4N5O7. The summed E-state index contributed by atoms with van der Waals surface area (Å²) in [6, 6.07) is 0. The van der Waals surface area contributed by atoms with Gasteiger partial charge >= 0.3 is 23.8 Å². The van der Waals surface area contributed by atoms with Crippen molar-refractivity contribution in [3.8, 4) is 5.88 Å². The Morgan fingerprint density at radius 1 is 1.23 bits per heavy atom. The second kappa shape index (κ2) is 9.67. The largest absolute Gasteiger partial charge is 0.479 e. The monoisotopic (exact) mass is 509 g/mol. The molecule has 1 fully saturated rings. The smallest absolute Gasteiger partial charge is 0.428 e. The molecule has 0 aromatic carbocycles. The van der Waals surface area contributed by atoms with Gasteiger partial charge in [0.2, 0.25) is 17.9 Å². The molecule has 0 amide bonds. The third kappa shape index (κ3) is 4.87. The fourth-order valence-electron chi connectivity index (χ4n) is 3.88. The van der Waals surface area contributed by atoms with Crippen molar-refractivity contribution in [2.45, 2.75) is 70.6 Å². The van der Waals surface area contributed by atoms with E-state index in [-0.39, 0.29) is 29.5 Å². The molecule has 5 atom stereocenters. The van der Waals surface area contributed by atoms with Crippen LogP contribution < -0.4 is 16.2 Å². The van der Waals surface area contributed by atoms with Gasteiger partial charge in [-0.25, -0.2) is 13.8 Å². The van der Waals surface area contributed by atoms with E-state index in [0.29, 0.717) is 17.9 Å². The number of ether oxygens (including phenoxy) is 4. The minimum Gasteiger partial charge on any atom is -0.479 e. The minimum absolute atomic E-state index is 0.0185. The number of carbonyl (C=O) groups is 2. The molecule has 0 radical (unpaired) electrons. The summed E-state index contributed by atoms with van der Waals surface area (Å²) in [5.41, 5.74) is 4.58. The van der Waals surface area contributed by atoms with Crippen LogP contribution in [0.4, 0.5) is 23.5 Å². The van der Waals surface area contributed by atoms with E-state index in [1.807, 2.05) is 0 Å². The number of anilines is 1. The van der Waals surface area contributed by atoms with Crippen LogP contribution >= 0.6 is 0 Å². The number of rotatable bonds is 7. The number of nitrogens with zero attached hydrogens (tertiary/aromatic N) is 4. The maximum Gasteiger partial charge on any atom is 0.428 e. The highest BCUT2D eigenvalue weighted by molar-refractivity contribution is 5.78. The molecule has 2 aromatic heterocycles. The SMILES string of the molecule is CCCn1c(=O)n([C@@H]2O[C@H]([C@@H](OC(C)=O)C(F)(F)F)[C@H](F)[C@H]2OC(C)=O)c2nc(N)nc(OC)c21. The van der Waals surface area contributed by atoms with E-state index in [4.69, 9.17) is 19.9 Å². The van der Waals surface area contributed by atoms with Gasteiger partial charge in [-0.15, -0.1) is 0 Å². The Kier molecular flexibility index (Phi) is 7.23. The Morgan fingerprint density at radius 3 is 2.40 bits per heavy atom. The number of esters is 2. The van der Waals surface area contributed by atoms with Gasteiger partial charge in [0.1, 0.15) is 6.10 Å². The summed E-state index contributed by atoms with van der Waals surface area (Å²) < 4.78 is 77.9. The number of fused-ring (bicyclic) bond motifs is 1. The highest BCUT2D eigenvalue weighted by Gasteiger charge is 2.60. The number of aromatic nitrogens is 4. The van der Waals surface area contributed by atoms with Crippen LogP contribution in [-0.4, -0.2) is 68.8 Å². The Bertz CT molecular complexity index is 1180. The number of hydrogen-bond acceptors (Lipinski definition) is 10. The second-order valence-electron chi connectivity index (χ2n) is 7.65. The van der Waals surface area contributed by atoms with Gasteiger partial charge in [0, 0.05) is 20.4 Å². The highest BCUT2D eigenvalue weighted by atomic mass is 19.4. The molecule has 0 spiro atoms. The molecule has 1 saturated heterocycles. The summed E-state index contributed by atoms with van der Waals surface area (Å²) in [5, 5.41) is 0. The van der Waals surface area contributed by atoms with Crippen molar-refractivity contribution >= 4 is 29.1 Å². The lowest BCUT2D eigenvalue weighted by atomic mass is 10.1. The molecule has 3 rings (SSSR count). The summed E-state index contributed by atoms with van der Waals surface area (Å²) in [4.78, 5) is 44.2. The summed E-state index contributed by atoms with van der Waals surface area (Å²) in [5.74, 6) is -2.89. The Labute approximate surface area is 194 Å². The third-order valence-corrected chi connectivity index (χ3v) is 5.10. The topological polar surface area (TPSA) is 150 Å². The molecule has 3 heterocycles. The summed E-state index contributed by atoms with van der Waals surface area (Å²) in [6.45, 7) is 3.44. The summed E-state index contributed by atoms with van der Waals surface area (Å²) in [7, 11) is 1.24. The maximum atomic E-state index is 15.4. The molecule has 12 nitrogen and oxygen atoms in total. The molecule has 2 aromatic rings. The first-order valence-corrected chi connectivity index (χ1v) is 10.3. The van der Waals surface area contributed by atoms with Crippen molar-refractivity contribution in [3.05, 3.63) is 10.5 Å². The van der Waals surface area contributed by atoms with Crippen LogP contribution in [0.1, 0.15) is 33.4 Å². The van der Waals surface area contributed by atoms with Crippen molar-refractivity contribution in [2.75, 3.05) is 12.8 Å². The van der Waals surface area contributed by atoms with Gasteiger partial charge in [-0.05, 0) is 6.42 Å². The lowest BCUT2D eigenvalue weighted by Crippen LogP contribution is -2.47. The lowest BCUT2D eigenvalue weighted by molar-refractivity contribution is -0.252. The molecule has 1 aliphatic heterocycles. The van der Waals surface area contributed by atoms with Gasteiger partial charge in [-0.2, -0.15) is 23.1 Å². The molecule has 1 aliphatic rings. The second-order valence-corrected chi connectivity index (χ2v) is 7.65. The van der Waals surface area contributed by atoms with E-state index >= 15 is 4.39 Å². The molecule has 0 aliphatic carbocycles. The quantitative estimate of drug-likeness (QED) is 0.427. The molecule has 194 valence electrons. The van der Waals surface area contributed by atoms with E-state index in [1.54, 1.807) is 6.92 Å². The first-order chi connectivity index (χ1) is 16.3. The van der Waals surface area contributed by atoms with E-state index < -0.39 is 54.5 Å². The molecule has 2 N–H and O–H groups in total. The third-order valence-electron chi connectivity index (χ3n) is 5.10. The van der Waals surface area contributed by atoms with Gasteiger partial charge in [0.25, 0.3) is 0 Å². The number of halogens is 4. The molecular weight excluding hydrogens is 486 g/mol. The van der Waals surface area contributed by atoms with Crippen molar-refractivity contribution in [1.82, 2.24) is 19.1 Å². The number of hydrogen-bond donors (Lipinski definition) is 1. The van der Waals surface area contributed by atoms with Crippen LogP contribution in [0.25, 0.3) is 11.2 Å². The maximum absolute atomic E-state index is 15.4. The number of aryl methyl sites for hydroxylation is 1. The van der Waals surface area contributed by atoms with Gasteiger partial charge < -0.3 is 24.7 Å². The van der Waals surface area contributed by atoms with Crippen LogP contribution in [0.3, 0.4) is 0 Å². The fraction of sp³-hybridized carbons (Fsp3) is 0.632. The zero-order valence-electron chi connectivity index (χ0n) is 19.0. The zero-order valence-corrected chi connectivity index (χ0v) is 19.0. The fourth-order valence-corrected chi connectivity index (χ4v) is 3.88. The highest BCUT2D eigenvalue weighted by Crippen LogP contribution is 2.41. The lowest BCUT2D eigenvalue weighted by Gasteiger charge is -2.26. The Morgan fingerprint density at radius 2 is 1.89 bits per heavy atom. The number of imidazole rings is 1. The number of carbonyl (C=O) groups excluding carboxylic acids is 2. The van der Waals surface area contributed by atoms with E-state index in [0.717, 1.165) is 11.5 Å². The van der Waals surface area contributed by atoms with Crippen LogP contribution in [0.5, 0.6) is 5.88 Å². The standard InChI is InChI=1S/C19H23F4N5O7/c1-5-6-27-10-14(25-17(24)26-15(10)32-4)28(18(27)31)16-12(33-7(2)29)9(20)11(35-16)13(19(21,22)23)34-8(3)30/h9,11-13,16H,5-6H2,1-4H3,(H2,24,25,26)/t9-,11-,12+,13+,16+/m0/s1. The molecule has 35 heavy (non-hydrogen) atoms. The first-order valence-electron chi connectivity index (χ1n) is 10.3. The zero-order chi connectivity index (χ0) is 26.2. The van der Waals surface area contributed by atoms with E-state index in [9.17, 15) is 27.6 Å². The molecule has 0 saturated carbocycles. The summed E-state index contributed by atoms with van der Waals surface area (Å²) in [6.07, 6.45) is -16.9. The van der Waals surface area contributed by atoms with Crippen molar-refractivity contribution < 1.29 is 46.1 Å². The van der Waals surface area contributed by atoms with Gasteiger partial charge in [-0.1, -0.05) is 6.92 Å². The van der Waals surface area contributed by atoms with E-state index in [2.05, 4.69) is 14.7 Å². The molecule has 16 heteroatoms.